The molecule has 0 unspecified atom stereocenters. The number of primary amides is 1. The van der Waals surface area contributed by atoms with Crippen molar-refractivity contribution in [3.63, 3.8) is 0 Å². The zero-order valence-electron chi connectivity index (χ0n) is 16.4. The summed E-state index contributed by atoms with van der Waals surface area (Å²) in [4.78, 5) is 17.2. The molecule has 2 N–H and O–H groups in total. The quantitative estimate of drug-likeness (QED) is 0.501. The van der Waals surface area contributed by atoms with Crippen LogP contribution < -0.4 is 15.2 Å². The summed E-state index contributed by atoms with van der Waals surface area (Å²) in [6.07, 6.45) is 3.34. The molecule has 2 aromatic carbocycles. The lowest BCUT2D eigenvalue weighted by atomic mass is 9.96. The van der Waals surface area contributed by atoms with E-state index in [9.17, 15) is 4.79 Å². The Morgan fingerprint density at radius 2 is 1.83 bits per heavy atom. The van der Waals surface area contributed by atoms with Crippen molar-refractivity contribution in [3.8, 4) is 22.6 Å². The van der Waals surface area contributed by atoms with Crippen LogP contribution in [0.25, 0.3) is 16.6 Å². The number of hydrogen-bond acceptors (Lipinski definition) is 5. The molecule has 1 aliphatic heterocycles. The number of aromatic nitrogens is 2. The van der Waals surface area contributed by atoms with Gasteiger partial charge in [-0.3, -0.25) is 4.79 Å². The summed E-state index contributed by atoms with van der Waals surface area (Å²) in [5.41, 5.74) is 11.4. The highest BCUT2D eigenvalue weighted by molar-refractivity contribution is 6.23. The minimum Gasteiger partial charge on any atom is -0.497 e. The van der Waals surface area contributed by atoms with Crippen LogP contribution in [0.15, 0.2) is 65.9 Å². The van der Waals surface area contributed by atoms with E-state index < -0.39 is 5.91 Å². The number of carbonyl (C=O) groups excluding carboxylic acids is 1. The van der Waals surface area contributed by atoms with Gasteiger partial charge in [-0.25, -0.2) is 9.51 Å². The van der Waals surface area contributed by atoms with E-state index >= 15 is 0 Å². The molecule has 0 aliphatic carbocycles. The van der Waals surface area contributed by atoms with Crippen molar-refractivity contribution in [2.24, 2.45) is 10.7 Å². The second-order valence-electron chi connectivity index (χ2n) is 6.86. The SMILES string of the molecule is COc1ccc(OC)c(C2=Nc3ccccc3-c3c(C(N)=O)cnn4ccc2c34)c1. The topological polar surface area (TPSA) is 91.2 Å². The van der Waals surface area contributed by atoms with E-state index in [0.29, 0.717) is 28.3 Å². The third-order valence-electron chi connectivity index (χ3n) is 5.27. The number of amides is 1. The fourth-order valence-electron chi connectivity index (χ4n) is 3.90. The van der Waals surface area contributed by atoms with Gasteiger partial charge in [-0.1, -0.05) is 18.2 Å². The Morgan fingerprint density at radius 3 is 2.60 bits per heavy atom. The van der Waals surface area contributed by atoms with E-state index in [4.69, 9.17) is 20.2 Å². The summed E-state index contributed by atoms with van der Waals surface area (Å²) < 4.78 is 12.8. The van der Waals surface area contributed by atoms with Crippen LogP contribution in [0.3, 0.4) is 0 Å². The largest absolute Gasteiger partial charge is 0.497 e. The average molecular weight is 398 g/mol. The molecule has 1 amide bonds. The number of methoxy groups -OCH3 is 2. The number of fused-ring (bicyclic) bond motifs is 2. The summed E-state index contributed by atoms with van der Waals surface area (Å²) in [5.74, 6) is 0.809. The second kappa shape index (κ2) is 6.73. The minimum atomic E-state index is -0.538. The number of benzene rings is 2. The molecule has 0 atom stereocenters. The smallest absolute Gasteiger partial charge is 0.251 e. The molecule has 1 aliphatic rings. The standard InChI is InChI=1S/C23H18N4O3/c1-29-13-7-8-19(30-2)16(11-13)21-15-9-10-27-22(15)20(17(12-25-27)23(24)28)14-5-3-4-6-18(14)26-21/h3-12H,1-2H3,(H2,24,28). The Balaban J connectivity index is 1.93. The molecule has 148 valence electrons. The molecule has 7 heteroatoms. The van der Waals surface area contributed by atoms with Crippen molar-refractivity contribution in [3.05, 3.63) is 77.6 Å². The van der Waals surface area contributed by atoms with Crippen molar-refractivity contribution in [1.29, 1.82) is 0 Å². The zero-order chi connectivity index (χ0) is 20.8. The number of nitrogens with two attached hydrogens (primary N) is 1. The van der Waals surface area contributed by atoms with Crippen molar-refractivity contribution >= 4 is 22.8 Å². The number of carbonyl (C=O) groups is 1. The molecule has 30 heavy (non-hydrogen) atoms. The van der Waals surface area contributed by atoms with Gasteiger partial charge in [0.05, 0.1) is 42.9 Å². The number of hydrogen-bond donors (Lipinski definition) is 1. The summed E-state index contributed by atoms with van der Waals surface area (Å²) in [5, 5.41) is 4.39. The van der Waals surface area contributed by atoms with Gasteiger partial charge in [0.1, 0.15) is 11.5 Å². The van der Waals surface area contributed by atoms with Gasteiger partial charge in [-0.05, 0) is 30.3 Å². The van der Waals surface area contributed by atoms with Gasteiger partial charge < -0.3 is 15.2 Å². The van der Waals surface area contributed by atoms with Gasteiger partial charge in [0.25, 0.3) is 5.91 Å². The molecule has 0 spiro atoms. The zero-order valence-corrected chi connectivity index (χ0v) is 16.4. The predicted molar refractivity (Wildman–Crippen MR) is 114 cm³/mol. The lowest BCUT2D eigenvalue weighted by Crippen LogP contribution is -2.14. The first-order chi connectivity index (χ1) is 14.6. The maximum atomic E-state index is 12.2. The van der Waals surface area contributed by atoms with Crippen LogP contribution in [0, 0.1) is 0 Å². The molecule has 5 rings (SSSR count). The fraction of sp³-hybridized carbons (Fsp3) is 0.0870. The van der Waals surface area contributed by atoms with Crippen LogP contribution in [-0.2, 0) is 0 Å². The Bertz CT molecular complexity index is 1350. The van der Waals surface area contributed by atoms with E-state index in [1.165, 1.54) is 6.20 Å². The minimum absolute atomic E-state index is 0.351. The molecule has 7 nitrogen and oxygen atoms in total. The lowest BCUT2D eigenvalue weighted by Gasteiger charge is -2.12. The van der Waals surface area contributed by atoms with Gasteiger partial charge in [-0.2, -0.15) is 5.10 Å². The van der Waals surface area contributed by atoms with Crippen LogP contribution in [0.5, 0.6) is 11.5 Å². The third-order valence-corrected chi connectivity index (χ3v) is 5.27. The summed E-state index contributed by atoms with van der Waals surface area (Å²) in [6.45, 7) is 0. The lowest BCUT2D eigenvalue weighted by molar-refractivity contribution is 0.100. The normalized spacial score (nSPS) is 12.1. The second-order valence-corrected chi connectivity index (χ2v) is 6.86. The first kappa shape index (κ1) is 17.9. The van der Waals surface area contributed by atoms with E-state index in [1.807, 2.05) is 54.7 Å². The molecule has 3 heterocycles. The van der Waals surface area contributed by atoms with Gasteiger partial charge in [0, 0.05) is 28.5 Å². The van der Waals surface area contributed by atoms with E-state index in [-0.39, 0.29) is 0 Å². The highest BCUT2D eigenvalue weighted by atomic mass is 16.5. The van der Waals surface area contributed by atoms with Gasteiger partial charge in [0.2, 0.25) is 0 Å². The Labute approximate surface area is 172 Å². The van der Waals surface area contributed by atoms with E-state index in [0.717, 1.165) is 27.9 Å². The first-order valence-electron chi connectivity index (χ1n) is 9.33. The van der Waals surface area contributed by atoms with Gasteiger partial charge in [-0.15, -0.1) is 0 Å². The maximum absolute atomic E-state index is 12.2. The van der Waals surface area contributed by atoms with E-state index in [2.05, 4.69) is 5.10 Å². The van der Waals surface area contributed by atoms with Crippen molar-refractivity contribution in [1.82, 2.24) is 9.61 Å². The first-order valence-corrected chi connectivity index (χ1v) is 9.33. The maximum Gasteiger partial charge on any atom is 0.251 e. The molecule has 0 bridgehead atoms. The highest BCUT2D eigenvalue weighted by Crippen LogP contribution is 2.42. The Morgan fingerprint density at radius 1 is 1.00 bits per heavy atom. The molecule has 0 fully saturated rings. The predicted octanol–water partition coefficient (Wildman–Crippen LogP) is 3.60. The number of nitrogens with zero attached hydrogens (tertiary/aromatic N) is 3. The van der Waals surface area contributed by atoms with Crippen LogP contribution >= 0.6 is 0 Å². The highest BCUT2D eigenvalue weighted by Gasteiger charge is 2.27. The van der Waals surface area contributed by atoms with Gasteiger partial charge >= 0.3 is 0 Å². The van der Waals surface area contributed by atoms with Crippen LogP contribution in [0.4, 0.5) is 5.69 Å². The van der Waals surface area contributed by atoms with E-state index in [1.54, 1.807) is 18.7 Å². The van der Waals surface area contributed by atoms with Crippen molar-refractivity contribution in [2.75, 3.05) is 14.2 Å². The Hall–Kier alpha value is -4.13. The molecular formula is C23H18N4O3. The fourth-order valence-corrected chi connectivity index (χ4v) is 3.90. The van der Waals surface area contributed by atoms with Crippen LogP contribution in [0.2, 0.25) is 0 Å². The summed E-state index contributed by atoms with van der Waals surface area (Å²) in [7, 11) is 3.23. The number of ether oxygens (including phenoxy) is 2. The summed E-state index contributed by atoms with van der Waals surface area (Å²) in [6, 6.07) is 15.2. The van der Waals surface area contributed by atoms with Crippen LogP contribution in [0.1, 0.15) is 21.5 Å². The molecule has 0 saturated carbocycles. The molecule has 0 saturated heterocycles. The summed E-state index contributed by atoms with van der Waals surface area (Å²) >= 11 is 0. The number of para-hydroxylation sites is 1. The van der Waals surface area contributed by atoms with Gasteiger partial charge in [0.15, 0.2) is 0 Å². The van der Waals surface area contributed by atoms with Crippen molar-refractivity contribution < 1.29 is 14.3 Å². The number of aliphatic imine (C=N–C) groups is 1. The van der Waals surface area contributed by atoms with Crippen molar-refractivity contribution in [2.45, 2.75) is 0 Å². The monoisotopic (exact) mass is 398 g/mol. The molecule has 0 radical (unpaired) electrons. The molecular weight excluding hydrogens is 380 g/mol. The average Bonchev–Trinajstić information content (AvgIpc) is 3.14. The third kappa shape index (κ3) is 2.56. The molecule has 2 aromatic heterocycles. The Kier molecular flexibility index (Phi) is 4.03. The van der Waals surface area contributed by atoms with Crippen LogP contribution in [-0.4, -0.2) is 35.5 Å². The molecule has 4 aromatic rings. The number of rotatable bonds is 4.